The number of nitrogens with one attached hydrogen (secondary N) is 2. The van der Waals surface area contributed by atoms with Crippen molar-refractivity contribution in [3.63, 3.8) is 0 Å². The highest BCUT2D eigenvalue weighted by atomic mass is 32.2. The standard InChI is InChI=1S/C20H23FN2O5S2/c1-14(24)23-17-6-8-18(9-7-17)30(27,28)20-13-29(25,26)12-19(20)22-11-10-15-2-4-16(21)5-3-15/h2-9,19-20,22H,10-13H2,1H3,(H,23,24)/t19-,20-/m0/s1. The van der Waals surface area contributed by atoms with Gasteiger partial charge < -0.3 is 10.6 Å². The maximum atomic E-state index is 13.1. The van der Waals surface area contributed by atoms with Crippen LogP contribution < -0.4 is 10.6 Å². The monoisotopic (exact) mass is 454 g/mol. The van der Waals surface area contributed by atoms with Gasteiger partial charge in [-0.15, -0.1) is 0 Å². The van der Waals surface area contributed by atoms with Crippen LogP contribution in [0.2, 0.25) is 0 Å². The van der Waals surface area contributed by atoms with E-state index in [0.29, 0.717) is 18.7 Å². The molecular weight excluding hydrogens is 431 g/mol. The van der Waals surface area contributed by atoms with Gasteiger partial charge in [0.25, 0.3) is 0 Å². The largest absolute Gasteiger partial charge is 0.326 e. The molecule has 0 bridgehead atoms. The number of carbonyl (C=O) groups excluding carboxylic acids is 1. The molecule has 1 aliphatic rings. The Hall–Kier alpha value is -2.30. The Kier molecular flexibility index (Phi) is 6.59. The molecule has 7 nitrogen and oxygen atoms in total. The van der Waals surface area contributed by atoms with Crippen molar-refractivity contribution in [2.45, 2.75) is 29.5 Å². The van der Waals surface area contributed by atoms with Gasteiger partial charge in [-0.2, -0.15) is 0 Å². The Balaban J connectivity index is 1.73. The van der Waals surface area contributed by atoms with Crippen molar-refractivity contribution in [2.75, 3.05) is 23.4 Å². The lowest BCUT2D eigenvalue weighted by Gasteiger charge is -2.20. The average molecular weight is 455 g/mol. The Labute approximate surface area is 175 Å². The minimum atomic E-state index is -3.91. The number of sulfone groups is 2. The SMILES string of the molecule is CC(=O)Nc1ccc(S(=O)(=O)[C@H]2CS(=O)(=O)C[C@@H]2NCCc2ccc(F)cc2)cc1. The van der Waals surface area contributed by atoms with Crippen LogP contribution in [0, 0.1) is 5.82 Å². The van der Waals surface area contributed by atoms with E-state index >= 15 is 0 Å². The van der Waals surface area contributed by atoms with Crippen LogP contribution in [-0.4, -0.2) is 52.1 Å². The van der Waals surface area contributed by atoms with Crippen molar-refractivity contribution in [3.05, 3.63) is 59.9 Å². The molecule has 0 aliphatic carbocycles. The molecular formula is C20H23FN2O5S2. The first kappa shape index (κ1) is 22.4. The fraction of sp³-hybridized carbons (Fsp3) is 0.350. The Morgan fingerprint density at radius 1 is 1.07 bits per heavy atom. The van der Waals surface area contributed by atoms with E-state index in [0.717, 1.165) is 5.56 Å². The number of carbonyl (C=O) groups is 1. The lowest BCUT2D eigenvalue weighted by molar-refractivity contribution is -0.114. The number of benzene rings is 2. The summed E-state index contributed by atoms with van der Waals surface area (Å²) in [5.74, 6) is -1.33. The zero-order valence-corrected chi connectivity index (χ0v) is 18.0. The molecule has 2 atom stereocenters. The van der Waals surface area contributed by atoms with Crippen molar-refractivity contribution in [2.24, 2.45) is 0 Å². The van der Waals surface area contributed by atoms with Crippen LogP contribution in [0.15, 0.2) is 53.4 Å². The maximum Gasteiger partial charge on any atom is 0.221 e. The summed E-state index contributed by atoms with van der Waals surface area (Å²) in [5, 5.41) is 4.50. The summed E-state index contributed by atoms with van der Waals surface area (Å²) in [6, 6.07) is 10.9. The molecule has 2 N–H and O–H groups in total. The van der Waals surface area contributed by atoms with Crippen molar-refractivity contribution in [1.29, 1.82) is 0 Å². The molecule has 30 heavy (non-hydrogen) atoms. The number of halogens is 1. The first-order valence-electron chi connectivity index (χ1n) is 9.37. The van der Waals surface area contributed by atoms with Crippen molar-refractivity contribution < 1.29 is 26.0 Å². The molecule has 0 saturated carbocycles. The second kappa shape index (κ2) is 8.83. The van der Waals surface area contributed by atoms with E-state index in [-0.39, 0.29) is 22.4 Å². The highest BCUT2D eigenvalue weighted by Crippen LogP contribution is 2.27. The van der Waals surface area contributed by atoms with Gasteiger partial charge in [-0.1, -0.05) is 12.1 Å². The third-order valence-electron chi connectivity index (χ3n) is 4.94. The van der Waals surface area contributed by atoms with Gasteiger partial charge in [0.05, 0.1) is 21.7 Å². The van der Waals surface area contributed by atoms with E-state index in [1.54, 1.807) is 12.1 Å². The van der Waals surface area contributed by atoms with Gasteiger partial charge in [-0.3, -0.25) is 4.79 Å². The van der Waals surface area contributed by atoms with E-state index in [1.807, 2.05) is 0 Å². The molecule has 1 fully saturated rings. The minimum absolute atomic E-state index is 0.00374. The van der Waals surface area contributed by atoms with Crippen molar-refractivity contribution in [3.8, 4) is 0 Å². The van der Waals surface area contributed by atoms with Crippen LogP contribution in [0.5, 0.6) is 0 Å². The molecule has 0 aromatic heterocycles. The highest BCUT2D eigenvalue weighted by molar-refractivity contribution is 7.96. The van der Waals surface area contributed by atoms with Crippen LogP contribution in [0.1, 0.15) is 12.5 Å². The summed E-state index contributed by atoms with van der Waals surface area (Å²) in [6.07, 6.45) is 0.509. The van der Waals surface area contributed by atoms with Crippen LogP contribution in [-0.2, 0) is 30.9 Å². The van der Waals surface area contributed by atoms with Crippen LogP contribution in [0.4, 0.5) is 10.1 Å². The lowest BCUT2D eigenvalue weighted by Crippen LogP contribution is -2.44. The van der Waals surface area contributed by atoms with E-state index < -0.39 is 36.7 Å². The van der Waals surface area contributed by atoms with Crippen LogP contribution in [0.3, 0.4) is 0 Å². The molecule has 0 radical (unpaired) electrons. The fourth-order valence-electron chi connectivity index (χ4n) is 3.47. The summed E-state index contributed by atoms with van der Waals surface area (Å²) in [4.78, 5) is 11.1. The van der Waals surface area contributed by atoms with Crippen LogP contribution >= 0.6 is 0 Å². The van der Waals surface area contributed by atoms with Gasteiger partial charge >= 0.3 is 0 Å². The maximum absolute atomic E-state index is 13.1. The third kappa shape index (κ3) is 5.44. The zero-order chi connectivity index (χ0) is 21.9. The van der Waals surface area contributed by atoms with E-state index in [4.69, 9.17) is 0 Å². The average Bonchev–Trinajstić information content (AvgIpc) is 2.99. The van der Waals surface area contributed by atoms with E-state index in [1.165, 1.54) is 43.3 Å². The Bertz CT molecular complexity index is 1110. The molecule has 2 aromatic carbocycles. The number of rotatable bonds is 7. The molecule has 1 heterocycles. The lowest BCUT2D eigenvalue weighted by atomic mass is 10.1. The summed E-state index contributed by atoms with van der Waals surface area (Å²) < 4.78 is 63.6. The van der Waals surface area contributed by atoms with E-state index in [2.05, 4.69) is 10.6 Å². The van der Waals surface area contributed by atoms with Gasteiger partial charge in [0.15, 0.2) is 19.7 Å². The molecule has 1 aliphatic heterocycles. The summed E-state index contributed by atoms with van der Waals surface area (Å²) >= 11 is 0. The van der Waals surface area contributed by atoms with Crippen molar-refractivity contribution in [1.82, 2.24) is 5.32 Å². The fourth-order valence-corrected chi connectivity index (χ4v) is 8.19. The Morgan fingerprint density at radius 3 is 2.30 bits per heavy atom. The predicted molar refractivity (Wildman–Crippen MR) is 112 cm³/mol. The topological polar surface area (TPSA) is 109 Å². The minimum Gasteiger partial charge on any atom is -0.326 e. The second-order valence-corrected chi connectivity index (χ2v) is 11.6. The summed E-state index contributed by atoms with van der Waals surface area (Å²) in [6.45, 7) is 1.70. The molecule has 0 spiro atoms. The molecule has 1 amide bonds. The normalized spacial score (nSPS) is 20.7. The van der Waals surface area contributed by atoms with Gasteiger partial charge in [0, 0.05) is 18.7 Å². The smallest absolute Gasteiger partial charge is 0.221 e. The molecule has 2 aromatic rings. The molecule has 3 rings (SSSR count). The van der Waals surface area contributed by atoms with Gasteiger partial charge in [-0.25, -0.2) is 21.2 Å². The molecule has 0 unspecified atom stereocenters. The number of hydrogen-bond donors (Lipinski definition) is 2. The summed E-state index contributed by atoms with van der Waals surface area (Å²) in [5.41, 5.74) is 1.31. The first-order chi connectivity index (χ1) is 14.1. The number of amides is 1. The molecule has 10 heteroatoms. The quantitative estimate of drug-likeness (QED) is 0.657. The molecule has 162 valence electrons. The van der Waals surface area contributed by atoms with E-state index in [9.17, 15) is 26.0 Å². The van der Waals surface area contributed by atoms with Gasteiger partial charge in [-0.05, 0) is 54.9 Å². The third-order valence-corrected chi connectivity index (χ3v) is 9.10. The Morgan fingerprint density at radius 2 is 1.70 bits per heavy atom. The zero-order valence-electron chi connectivity index (χ0n) is 16.3. The summed E-state index contributed by atoms with van der Waals surface area (Å²) in [7, 11) is -7.42. The first-order valence-corrected chi connectivity index (χ1v) is 12.7. The second-order valence-electron chi connectivity index (χ2n) is 7.30. The number of anilines is 1. The van der Waals surface area contributed by atoms with Crippen LogP contribution in [0.25, 0.3) is 0 Å². The van der Waals surface area contributed by atoms with Gasteiger partial charge in [0.1, 0.15) is 5.82 Å². The van der Waals surface area contributed by atoms with Gasteiger partial charge in [0.2, 0.25) is 5.91 Å². The predicted octanol–water partition coefficient (Wildman–Crippen LogP) is 1.56. The number of hydrogen-bond acceptors (Lipinski definition) is 6. The molecule has 1 saturated heterocycles. The van der Waals surface area contributed by atoms with Crippen molar-refractivity contribution >= 4 is 31.3 Å². The highest BCUT2D eigenvalue weighted by Gasteiger charge is 2.45.